The molecule has 1 fully saturated rings. The van der Waals surface area contributed by atoms with Gasteiger partial charge in [0.15, 0.2) is 0 Å². The molecule has 42 heavy (non-hydrogen) atoms. The van der Waals surface area contributed by atoms with E-state index in [9.17, 15) is 9.18 Å². The van der Waals surface area contributed by atoms with Crippen molar-refractivity contribution in [2.75, 3.05) is 57.0 Å². The molecule has 0 saturated carbocycles. The van der Waals surface area contributed by atoms with E-state index in [0.717, 1.165) is 32.7 Å². The Morgan fingerprint density at radius 1 is 1.10 bits per heavy atom. The molecule has 4 aromatic rings. The Labute approximate surface area is 248 Å². The summed E-state index contributed by atoms with van der Waals surface area (Å²) >= 11 is 6.47. The van der Waals surface area contributed by atoms with Crippen LogP contribution in [0.5, 0.6) is 11.5 Å². The lowest BCUT2D eigenvalue weighted by Gasteiger charge is -2.32. The zero-order valence-electron chi connectivity index (χ0n) is 23.1. The van der Waals surface area contributed by atoms with E-state index in [1.165, 1.54) is 18.5 Å². The zero-order valence-corrected chi connectivity index (χ0v) is 23.9. The van der Waals surface area contributed by atoms with Gasteiger partial charge in [-0.3, -0.25) is 9.69 Å². The van der Waals surface area contributed by atoms with Crippen LogP contribution in [0.2, 0.25) is 5.02 Å². The third-order valence-corrected chi connectivity index (χ3v) is 7.08. The number of nitrogens with zero attached hydrogens (tertiary/aromatic N) is 5. The van der Waals surface area contributed by atoms with E-state index in [-0.39, 0.29) is 12.5 Å². The molecule has 0 unspecified atom stereocenters. The number of ether oxygens (including phenoxy) is 2. The second kappa shape index (κ2) is 13.6. The van der Waals surface area contributed by atoms with Crippen molar-refractivity contribution in [1.82, 2.24) is 24.8 Å². The molecule has 12 heteroatoms. The van der Waals surface area contributed by atoms with E-state index in [0.29, 0.717) is 56.9 Å². The van der Waals surface area contributed by atoms with Crippen LogP contribution in [-0.4, -0.2) is 77.0 Å². The molecule has 10 nitrogen and oxygen atoms in total. The summed E-state index contributed by atoms with van der Waals surface area (Å²) in [5.41, 5.74) is 2.21. The minimum absolute atomic E-state index is 0.0692. The minimum atomic E-state index is -0.574. The third kappa shape index (κ3) is 7.49. The number of piperazine rings is 1. The number of carbonyl (C=O) groups is 1. The Kier molecular flexibility index (Phi) is 9.42. The molecule has 2 aromatic carbocycles. The van der Waals surface area contributed by atoms with Gasteiger partial charge in [-0.15, -0.1) is 0 Å². The molecule has 0 radical (unpaired) electrons. The number of nitrogens with one attached hydrogen (secondary N) is 2. The van der Waals surface area contributed by atoms with E-state index >= 15 is 0 Å². The van der Waals surface area contributed by atoms with E-state index < -0.39 is 5.95 Å². The average Bonchev–Trinajstić information content (AvgIpc) is 2.98. The molecule has 1 aliphatic heterocycles. The molecular weight excluding hydrogens is 561 g/mol. The predicted molar refractivity (Wildman–Crippen MR) is 161 cm³/mol. The molecule has 1 aliphatic rings. The number of aromatic nitrogens is 3. The third-order valence-electron chi connectivity index (χ3n) is 6.78. The summed E-state index contributed by atoms with van der Waals surface area (Å²) in [7, 11) is 2.12. The number of rotatable bonds is 11. The number of hydrogen-bond acceptors (Lipinski definition) is 9. The van der Waals surface area contributed by atoms with Gasteiger partial charge in [0.2, 0.25) is 11.9 Å². The summed E-state index contributed by atoms with van der Waals surface area (Å²) in [5.74, 6) is 0.505. The normalized spacial score (nSPS) is 14.0. The number of halogens is 2. The fourth-order valence-corrected chi connectivity index (χ4v) is 4.69. The van der Waals surface area contributed by atoms with E-state index in [1.807, 2.05) is 0 Å². The van der Waals surface area contributed by atoms with Crippen LogP contribution in [0.3, 0.4) is 0 Å². The summed E-state index contributed by atoms with van der Waals surface area (Å²) < 4.78 is 25.2. The Morgan fingerprint density at radius 3 is 2.69 bits per heavy atom. The van der Waals surface area contributed by atoms with Gasteiger partial charge in [0, 0.05) is 49.9 Å². The molecular formula is C30H31ClFN7O3. The summed E-state index contributed by atoms with van der Waals surface area (Å²) in [6.07, 6.45) is 2.65. The first-order valence-electron chi connectivity index (χ1n) is 13.4. The highest BCUT2D eigenvalue weighted by atomic mass is 35.5. The number of fused-ring (bicyclic) bond motifs is 1. The standard InChI is InChI=1S/C30H31ClFN7O3/c1-3-29(40)37-25-16-22-24(17-27(25)41-14-13-39-11-9-38(2)10-12-39)33-19-34-30(22)36-20-7-8-26(23(31)15-20)42-18-21-5-4-6-28(32)35-21/h3-8,15-17,19H,1,9-14,18H2,2H3,(H,37,40)(H,33,34,36). The molecule has 218 valence electrons. The predicted octanol–water partition coefficient (Wildman–Crippen LogP) is 4.89. The van der Waals surface area contributed by atoms with Gasteiger partial charge in [-0.25, -0.2) is 15.0 Å². The second-order valence-corrected chi connectivity index (χ2v) is 10.2. The molecule has 0 aliphatic carbocycles. The van der Waals surface area contributed by atoms with Crippen molar-refractivity contribution in [3.63, 3.8) is 0 Å². The van der Waals surface area contributed by atoms with Crippen molar-refractivity contribution in [1.29, 1.82) is 0 Å². The lowest BCUT2D eigenvalue weighted by molar-refractivity contribution is -0.111. The first kappa shape index (κ1) is 29.2. The number of hydrogen-bond donors (Lipinski definition) is 2. The van der Waals surface area contributed by atoms with Crippen LogP contribution in [-0.2, 0) is 11.4 Å². The fourth-order valence-electron chi connectivity index (χ4n) is 4.46. The highest BCUT2D eigenvalue weighted by Crippen LogP contribution is 2.35. The van der Waals surface area contributed by atoms with Crippen molar-refractivity contribution in [3.05, 3.63) is 84.2 Å². The van der Waals surface area contributed by atoms with Crippen molar-refractivity contribution >= 4 is 45.6 Å². The van der Waals surface area contributed by atoms with Crippen LogP contribution in [0.4, 0.5) is 21.6 Å². The molecule has 0 bridgehead atoms. The minimum Gasteiger partial charge on any atom is -0.490 e. The first-order valence-corrected chi connectivity index (χ1v) is 13.8. The second-order valence-electron chi connectivity index (χ2n) is 9.79. The number of amides is 1. The topological polar surface area (TPSA) is 105 Å². The van der Waals surface area contributed by atoms with Crippen molar-refractivity contribution < 1.29 is 18.7 Å². The van der Waals surface area contributed by atoms with Crippen LogP contribution < -0.4 is 20.1 Å². The van der Waals surface area contributed by atoms with Crippen LogP contribution in [0.25, 0.3) is 10.9 Å². The van der Waals surface area contributed by atoms with Gasteiger partial charge in [0.1, 0.15) is 36.9 Å². The highest BCUT2D eigenvalue weighted by Gasteiger charge is 2.16. The maximum absolute atomic E-state index is 13.4. The Balaban J connectivity index is 1.32. The van der Waals surface area contributed by atoms with Crippen molar-refractivity contribution in [2.24, 2.45) is 0 Å². The maximum atomic E-state index is 13.4. The van der Waals surface area contributed by atoms with E-state index in [2.05, 4.69) is 49.0 Å². The smallest absolute Gasteiger partial charge is 0.247 e. The summed E-state index contributed by atoms with van der Waals surface area (Å²) in [6.45, 7) is 8.89. The van der Waals surface area contributed by atoms with Crippen molar-refractivity contribution in [2.45, 2.75) is 6.61 Å². The van der Waals surface area contributed by atoms with Gasteiger partial charge < -0.3 is 25.0 Å². The molecule has 1 amide bonds. The Bertz CT molecular complexity index is 1580. The first-order chi connectivity index (χ1) is 20.4. The number of benzene rings is 2. The summed E-state index contributed by atoms with van der Waals surface area (Å²) in [4.78, 5) is 29.5. The van der Waals surface area contributed by atoms with Gasteiger partial charge in [0.05, 0.1) is 21.9 Å². The average molecular weight is 592 g/mol. The van der Waals surface area contributed by atoms with Crippen LogP contribution in [0, 0.1) is 5.95 Å². The zero-order chi connectivity index (χ0) is 29.5. The van der Waals surface area contributed by atoms with Crippen LogP contribution >= 0.6 is 11.6 Å². The molecule has 0 atom stereocenters. The quantitative estimate of drug-likeness (QED) is 0.186. The molecule has 3 heterocycles. The van der Waals surface area contributed by atoms with Gasteiger partial charge in [-0.1, -0.05) is 24.2 Å². The number of likely N-dealkylation sites (N-methyl/N-ethyl adjacent to an activating group) is 1. The summed E-state index contributed by atoms with van der Waals surface area (Å²) in [5, 5.41) is 7.11. The Hall–Kier alpha value is -4.32. The van der Waals surface area contributed by atoms with Gasteiger partial charge in [0.25, 0.3) is 0 Å². The fraction of sp³-hybridized carbons (Fsp3) is 0.267. The molecule has 1 saturated heterocycles. The monoisotopic (exact) mass is 591 g/mol. The number of pyridine rings is 1. The maximum Gasteiger partial charge on any atom is 0.247 e. The lowest BCUT2D eigenvalue weighted by Crippen LogP contribution is -2.45. The Morgan fingerprint density at radius 2 is 1.93 bits per heavy atom. The SMILES string of the molecule is C=CC(=O)Nc1cc2c(Nc3ccc(OCc4cccc(F)n4)c(Cl)c3)ncnc2cc1OCCN1CCN(C)CC1. The number of anilines is 3. The van der Waals surface area contributed by atoms with Gasteiger partial charge in [-0.2, -0.15) is 4.39 Å². The van der Waals surface area contributed by atoms with E-state index in [1.54, 1.807) is 42.5 Å². The molecule has 5 rings (SSSR count). The molecule has 0 spiro atoms. The summed E-state index contributed by atoms with van der Waals surface area (Å²) in [6, 6.07) is 13.3. The van der Waals surface area contributed by atoms with Gasteiger partial charge in [-0.05, 0) is 49.5 Å². The van der Waals surface area contributed by atoms with Crippen LogP contribution in [0.1, 0.15) is 5.69 Å². The molecule has 2 N–H and O–H groups in total. The van der Waals surface area contributed by atoms with Crippen LogP contribution in [0.15, 0.2) is 67.5 Å². The lowest BCUT2D eigenvalue weighted by atomic mass is 10.1. The van der Waals surface area contributed by atoms with Gasteiger partial charge >= 0.3 is 0 Å². The molecule has 2 aromatic heterocycles. The van der Waals surface area contributed by atoms with E-state index in [4.69, 9.17) is 21.1 Å². The number of carbonyl (C=O) groups excluding carboxylic acids is 1. The highest BCUT2D eigenvalue weighted by molar-refractivity contribution is 6.32. The largest absolute Gasteiger partial charge is 0.490 e. The van der Waals surface area contributed by atoms with Crippen molar-refractivity contribution in [3.8, 4) is 11.5 Å².